The molecule has 0 saturated heterocycles. The van der Waals surface area contributed by atoms with Gasteiger partial charge in [0.2, 0.25) is 0 Å². The Bertz CT molecular complexity index is 652. The van der Waals surface area contributed by atoms with Crippen LogP contribution in [0.4, 0.5) is 8.78 Å². The molecule has 0 radical (unpaired) electrons. The lowest BCUT2D eigenvalue weighted by Gasteiger charge is -2.07. The normalized spacial score (nSPS) is 10.0. The summed E-state index contributed by atoms with van der Waals surface area (Å²) in [4.78, 5) is 0. The molecule has 2 rings (SSSR count). The maximum Gasteiger partial charge on any atom is 0.137 e. The Labute approximate surface area is 117 Å². The average molecular weight is 324 g/mol. The van der Waals surface area contributed by atoms with Gasteiger partial charge in [-0.1, -0.05) is 0 Å². The summed E-state index contributed by atoms with van der Waals surface area (Å²) in [6, 6.07) is 10.1. The van der Waals surface area contributed by atoms with Gasteiger partial charge < -0.3 is 4.74 Å². The second kappa shape index (κ2) is 5.81. The first-order chi connectivity index (χ1) is 9.08. The number of nitrogens with zero attached hydrogens (tertiary/aromatic N) is 1. The Kier molecular flexibility index (Phi) is 4.13. The molecule has 2 aromatic rings. The summed E-state index contributed by atoms with van der Waals surface area (Å²) in [6.07, 6.45) is 0. The number of ether oxygens (including phenoxy) is 1. The van der Waals surface area contributed by atoms with Crippen LogP contribution in [-0.2, 0) is 6.61 Å². The van der Waals surface area contributed by atoms with Gasteiger partial charge in [0, 0.05) is 0 Å². The molecule has 0 saturated carbocycles. The summed E-state index contributed by atoms with van der Waals surface area (Å²) in [7, 11) is 0. The van der Waals surface area contributed by atoms with Crippen LogP contribution in [0.3, 0.4) is 0 Å². The van der Waals surface area contributed by atoms with E-state index in [1.807, 2.05) is 6.07 Å². The summed E-state index contributed by atoms with van der Waals surface area (Å²) >= 11 is 3.05. The fourth-order valence-electron chi connectivity index (χ4n) is 1.53. The number of benzene rings is 2. The lowest BCUT2D eigenvalue weighted by molar-refractivity contribution is 0.305. The van der Waals surface area contributed by atoms with Gasteiger partial charge in [0.1, 0.15) is 24.0 Å². The molecule has 0 N–H and O–H groups in total. The van der Waals surface area contributed by atoms with Gasteiger partial charge in [-0.15, -0.1) is 0 Å². The topological polar surface area (TPSA) is 33.0 Å². The van der Waals surface area contributed by atoms with Crippen molar-refractivity contribution in [2.75, 3.05) is 0 Å². The molecule has 0 aromatic heterocycles. The lowest BCUT2D eigenvalue weighted by atomic mass is 10.1. The molecule has 96 valence electrons. The van der Waals surface area contributed by atoms with Crippen LogP contribution < -0.4 is 4.74 Å². The minimum atomic E-state index is -0.488. The molecule has 0 aliphatic rings. The van der Waals surface area contributed by atoms with E-state index in [0.717, 1.165) is 6.07 Å². The molecule has 0 aliphatic heterocycles. The first kappa shape index (κ1) is 13.5. The largest absolute Gasteiger partial charge is 0.489 e. The Morgan fingerprint density at radius 2 is 1.95 bits per heavy atom. The zero-order valence-corrected chi connectivity index (χ0v) is 11.2. The van der Waals surface area contributed by atoms with Crippen molar-refractivity contribution in [3.05, 3.63) is 63.6 Å². The number of nitriles is 1. The maximum atomic E-state index is 13.2. The Balaban J connectivity index is 2.12. The summed E-state index contributed by atoms with van der Waals surface area (Å²) in [5.74, 6) is -0.418. The van der Waals surface area contributed by atoms with Gasteiger partial charge in [0.05, 0.1) is 16.1 Å². The quantitative estimate of drug-likeness (QED) is 0.849. The third-order valence-electron chi connectivity index (χ3n) is 2.38. The molecule has 2 nitrogen and oxygen atoms in total. The molecule has 19 heavy (non-hydrogen) atoms. The highest BCUT2D eigenvalue weighted by Crippen LogP contribution is 2.22. The van der Waals surface area contributed by atoms with E-state index in [1.54, 1.807) is 6.07 Å². The summed E-state index contributed by atoms with van der Waals surface area (Å²) < 4.78 is 31.9. The van der Waals surface area contributed by atoms with Crippen molar-refractivity contribution in [2.45, 2.75) is 6.61 Å². The van der Waals surface area contributed by atoms with Gasteiger partial charge in [-0.25, -0.2) is 8.78 Å². The highest BCUT2D eigenvalue weighted by molar-refractivity contribution is 9.10. The van der Waals surface area contributed by atoms with Gasteiger partial charge in [0.25, 0.3) is 0 Å². The van der Waals surface area contributed by atoms with E-state index in [-0.39, 0.29) is 18.0 Å². The highest BCUT2D eigenvalue weighted by atomic mass is 79.9. The fraction of sp³-hybridized carbons (Fsp3) is 0.0714. The van der Waals surface area contributed by atoms with Gasteiger partial charge in [-0.2, -0.15) is 5.26 Å². The minimum Gasteiger partial charge on any atom is -0.489 e. The highest BCUT2D eigenvalue weighted by Gasteiger charge is 2.04. The molecule has 0 amide bonds. The molecular formula is C14H8BrF2NO. The molecule has 0 fully saturated rings. The number of hydrogen-bond acceptors (Lipinski definition) is 2. The third-order valence-corrected chi connectivity index (χ3v) is 2.99. The van der Waals surface area contributed by atoms with E-state index in [1.165, 1.54) is 24.3 Å². The average Bonchev–Trinajstić information content (AvgIpc) is 2.39. The third kappa shape index (κ3) is 3.52. The van der Waals surface area contributed by atoms with E-state index in [2.05, 4.69) is 15.9 Å². The van der Waals surface area contributed by atoms with Crippen LogP contribution in [0, 0.1) is 23.0 Å². The minimum absolute atomic E-state index is 0.102. The smallest absolute Gasteiger partial charge is 0.137 e. The summed E-state index contributed by atoms with van der Waals surface area (Å²) in [6.45, 7) is 0.102. The van der Waals surface area contributed by atoms with Crippen molar-refractivity contribution >= 4 is 15.9 Å². The second-order valence-corrected chi connectivity index (χ2v) is 4.68. The van der Waals surface area contributed by atoms with Crippen LogP contribution in [0.2, 0.25) is 0 Å². The molecule has 2 aromatic carbocycles. The van der Waals surface area contributed by atoms with Crippen LogP contribution in [0.15, 0.2) is 40.9 Å². The predicted molar refractivity (Wildman–Crippen MR) is 69.5 cm³/mol. The van der Waals surface area contributed by atoms with E-state index in [9.17, 15) is 8.78 Å². The second-order valence-electron chi connectivity index (χ2n) is 3.82. The van der Waals surface area contributed by atoms with Crippen molar-refractivity contribution in [1.29, 1.82) is 5.26 Å². The first-order valence-electron chi connectivity index (χ1n) is 5.36. The number of halogens is 3. The molecule has 0 heterocycles. The van der Waals surface area contributed by atoms with Crippen molar-refractivity contribution < 1.29 is 13.5 Å². The van der Waals surface area contributed by atoms with Gasteiger partial charge >= 0.3 is 0 Å². The fourth-order valence-corrected chi connectivity index (χ4v) is 1.89. The summed E-state index contributed by atoms with van der Waals surface area (Å²) in [5.41, 5.74) is 0.774. The summed E-state index contributed by atoms with van der Waals surface area (Å²) in [5, 5.41) is 8.73. The van der Waals surface area contributed by atoms with Crippen LogP contribution >= 0.6 is 15.9 Å². The van der Waals surface area contributed by atoms with Crippen LogP contribution in [0.1, 0.15) is 11.1 Å². The van der Waals surface area contributed by atoms with E-state index < -0.39 is 5.82 Å². The van der Waals surface area contributed by atoms with Crippen molar-refractivity contribution in [3.63, 3.8) is 0 Å². The van der Waals surface area contributed by atoms with Crippen LogP contribution in [0.5, 0.6) is 5.75 Å². The molecule has 0 atom stereocenters. The van der Waals surface area contributed by atoms with Gasteiger partial charge in [0.15, 0.2) is 0 Å². The molecule has 5 heteroatoms. The molecule has 0 spiro atoms. The molecule has 0 bridgehead atoms. The molecule has 0 unspecified atom stereocenters. The number of rotatable bonds is 3. The lowest BCUT2D eigenvalue weighted by Crippen LogP contribution is -1.97. The van der Waals surface area contributed by atoms with Crippen molar-refractivity contribution in [1.82, 2.24) is 0 Å². The predicted octanol–water partition coefficient (Wildman–Crippen LogP) is 4.18. The Morgan fingerprint density at radius 3 is 2.63 bits per heavy atom. The van der Waals surface area contributed by atoms with Crippen LogP contribution in [0.25, 0.3) is 0 Å². The standard InChI is InChI=1S/C14H8BrF2NO/c15-13-6-12(1-2-14(13)17)19-8-10-3-9(7-18)4-11(16)5-10/h1-6H,8H2. The van der Waals surface area contributed by atoms with Crippen molar-refractivity contribution in [2.24, 2.45) is 0 Å². The van der Waals surface area contributed by atoms with Gasteiger partial charge in [-0.3, -0.25) is 0 Å². The van der Waals surface area contributed by atoms with Crippen LogP contribution in [-0.4, -0.2) is 0 Å². The van der Waals surface area contributed by atoms with Crippen molar-refractivity contribution in [3.8, 4) is 11.8 Å². The maximum absolute atomic E-state index is 13.2. The SMILES string of the molecule is N#Cc1cc(F)cc(COc2ccc(F)c(Br)c2)c1. The van der Waals surface area contributed by atoms with E-state index in [4.69, 9.17) is 10.00 Å². The van der Waals surface area contributed by atoms with E-state index in [0.29, 0.717) is 15.8 Å². The van der Waals surface area contributed by atoms with E-state index >= 15 is 0 Å². The van der Waals surface area contributed by atoms with Gasteiger partial charge in [-0.05, 0) is 57.9 Å². The zero-order chi connectivity index (χ0) is 13.8. The Hall–Kier alpha value is -1.93. The zero-order valence-electron chi connectivity index (χ0n) is 9.66. The molecule has 0 aliphatic carbocycles. The first-order valence-corrected chi connectivity index (χ1v) is 6.15. The number of hydrogen-bond donors (Lipinski definition) is 0. The molecular weight excluding hydrogens is 316 g/mol. The monoisotopic (exact) mass is 323 g/mol. The Morgan fingerprint density at radius 1 is 1.16 bits per heavy atom.